The third kappa shape index (κ3) is 3.27. The van der Waals surface area contributed by atoms with E-state index >= 15 is 0 Å². The van der Waals surface area contributed by atoms with Crippen molar-refractivity contribution in [2.45, 2.75) is 45.2 Å². The molecule has 0 radical (unpaired) electrons. The van der Waals surface area contributed by atoms with E-state index < -0.39 is 28.8 Å². The maximum Gasteiger partial charge on any atom is 0.238 e. The van der Waals surface area contributed by atoms with Gasteiger partial charge in [0.15, 0.2) is 11.6 Å². The summed E-state index contributed by atoms with van der Waals surface area (Å²) in [5.41, 5.74) is 2.52. The third-order valence-electron chi connectivity index (χ3n) is 8.22. The number of amides is 1. The molecule has 6 heteroatoms. The minimum Gasteiger partial charge on any atom is -0.352 e. The Morgan fingerprint density at radius 2 is 1.71 bits per heavy atom. The highest BCUT2D eigenvalue weighted by Gasteiger charge is 2.70. The van der Waals surface area contributed by atoms with Gasteiger partial charge in [0.2, 0.25) is 5.91 Å². The average molecular weight is 525 g/mol. The largest absolute Gasteiger partial charge is 0.352 e. The van der Waals surface area contributed by atoms with Gasteiger partial charge in [0.25, 0.3) is 0 Å². The van der Waals surface area contributed by atoms with E-state index in [9.17, 15) is 14.4 Å². The number of hydrogen-bond donors (Lipinski definition) is 1. The fourth-order valence-corrected chi connectivity index (χ4v) is 6.80. The highest BCUT2D eigenvalue weighted by molar-refractivity contribution is 6.34. The zero-order valence-corrected chi connectivity index (χ0v) is 22.5. The number of halogens is 1. The summed E-state index contributed by atoms with van der Waals surface area (Å²) in [6, 6.07) is 19.0. The fourth-order valence-electron chi connectivity index (χ4n) is 6.57. The molecule has 0 unspecified atom stereocenters. The number of carbonyl (C=O) groups excluding carboxylic acids is 3. The van der Waals surface area contributed by atoms with Crippen LogP contribution in [-0.4, -0.2) is 29.6 Å². The van der Waals surface area contributed by atoms with E-state index in [1.165, 1.54) is 0 Å². The van der Waals surface area contributed by atoms with Gasteiger partial charge in [0, 0.05) is 22.4 Å². The summed E-state index contributed by atoms with van der Waals surface area (Å²) in [7, 11) is 0. The standard InChI is InChI=1S/C32H29ClN2O3/c1-18-13-15-24-19(17-18)14-16-25-32(21-10-6-8-12-23(21)34-30(32)38)26(27(35(24)25)29(37)31(2,3)4)28(36)20-9-5-7-11-22(20)33/h5-17,25-27H,1-4H3,(H,34,38)/t25-,26-,27-,32+/m1/s1. The Morgan fingerprint density at radius 3 is 2.45 bits per heavy atom. The van der Waals surface area contributed by atoms with Crippen molar-refractivity contribution in [2.75, 3.05) is 10.2 Å². The molecule has 3 aromatic carbocycles. The Kier molecular flexibility index (Phi) is 5.45. The minimum atomic E-state index is -1.32. The molecule has 3 aromatic rings. The maximum absolute atomic E-state index is 14.7. The first-order valence-electron chi connectivity index (χ1n) is 12.9. The van der Waals surface area contributed by atoms with Crippen LogP contribution < -0.4 is 10.2 Å². The molecule has 38 heavy (non-hydrogen) atoms. The zero-order valence-electron chi connectivity index (χ0n) is 21.8. The van der Waals surface area contributed by atoms with Crippen molar-refractivity contribution in [3.8, 4) is 0 Å². The first kappa shape index (κ1) is 24.6. The normalized spacial score (nSPS) is 25.1. The number of nitrogens with zero attached hydrogens (tertiary/aromatic N) is 1. The summed E-state index contributed by atoms with van der Waals surface area (Å²) < 4.78 is 0. The molecule has 1 N–H and O–H groups in total. The molecule has 3 aliphatic heterocycles. The van der Waals surface area contributed by atoms with Gasteiger partial charge in [-0.3, -0.25) is 14.4 Å². The Hall–Kier alpha value is -3.70. The summed E-state index contributed by atoms with van der Waals surface area (Å²) >= 11 is 6.56. The predicted molar refractivity (Wildman–Crippen MR) is 151 cm³/mol. The lowest BCUT2D eigenvalue weighted by atomic mass is 9.63. The Labute approximate surface area is 227 Å². The van der Waals surface area contributed by atoms with Crippen LogP contribution in [0.1, 0.15) is 47.8 Å². The van der Waals surface area contributed by atoms with E-state index in [2.05, 4.69) is 11.4 Å². The molecule has 192 valence electrons. The number of hydrogen-bond acceptors (Lipinski definition) is 4. The number of rotatable bonds is 3. The summed E-state index contributed by atoms with van der Waals surface area (Å²) in [6.45, 7) is 7.62. The van der Waals surface area contributed by atoms with Crippen molar-refractivity contribution in [1.82, 2.24) is 0 Å². The highest BCUT2D eigenvalue weighted by atomic mass is 35.5. The molecule has 5 nitrogen and oxygen atoms in total. The predicted octanol–water partition coefficient (Wildman–Crippen LogP) is 6.24. The number of aryl methyl sites for hydroxylation is 1. The number of anilines is 2. The van der Waals surface area contributed by atoms with Gasteiger partial charge in [0.05, 0.1) is 17.0 Å². The topological polar surface area (TPSA) is 66.5 Å². The van der Waals surface area contributed by atoms with Crippen LogP contribution in [0.2, 0.25) is 5.02 Å². The van der Waals surface area contributed by atoms with Crippen molar-refractivity contribution in [3.05, 3.63) is 100 Å². The molecule has 0 saturated carbocycles. The van der Waals surface area contributed by atoms with E-state index in [-0.39, 0.29) is 17.5 Å². The van der Waals surface area contributed by atoms with Crippen LogP contribution in [0, 0.1) is 18.3 Å². The Morgan fingerprint density at radius 1 is 1.00 bits per heavy atom. The van der Waals surface area contributed by atoms with Crippen molar-refractivity contribution in [1.29, 1.82) is 0 Å². The molecule has 3 heterocycles. The highest BCUT2D eigenvalue weighted by Crippen LogP contribution is 2.58. The second-order valence-corrected chi connectivity index (χ2v) is 11.9. The number of fused-ring (bicyclic) bond motifs is 6. The maximum atomic E-state index is 14.7. The van der Waals surface area contributed by atoms with E-state index in [1.807, 2.05) is 81.1 Å². The minimum absolute atomic E-state index is 0.0937. The van der Waals surface area contributed by atoms with E-state index in [0.29, 0.717) is 16.3 Å². The molecule has 1 saturated heterocycles. The van der Waals surface area contributed by atoms with Crippen molar-refractivity contribution < 1.29 is 14.4 Å². The van der Waals surface area contributed by atoms with Crippen LogP contribution in [0.25, 0.3) is 6.08 Å². The monoisotopic (exact) mass is 524 g/mol. The van der Waals surface area contributed by atoms with Crippen LogP contribution >= 0.6 is 11.6 Å². The second kappa shape index (κ2) is 8.40. The summed E-state index contributed by atoms with van der Waals surface area (Å²) in [5, 5.41) is 3.35. The molecule has 1 amide bonds. The van der Waals surface area contributed by atoms with Crippen molar-refractivity contribution in [3.63, 3.8) is 0 Å². The molecular formula is C32H29ClN2O3. The lowest BCUT2D eigenvalue weighted by Crippen LogP contribution is -2.51. The average Bonchev–Trinajstić information content (AvgIpc) is 3.35. The smallest absolute Gasteiger partial charge is 0.238 e. The molecule has 0 bridgehead atoms. The molecule has 1 spiro atoms. The molecule has 3 aliphatic rings. The van der Waals surface area contributed by atoms with Crippen LogP contribution in [-0.2, 0) is 15.0 Å². The van der Waals surface area contributed by atoms with Gasteiger partial charge in [-0.2, -0.15) is 0 Å². The summed E-state index contributed by atoms with van der Waals surface area (Å²) in [4.78, 5) is 45.4. The van der Waals surface area contributed by atoms with E-state index in [4.69, 9.17) is 11.6 Å². The SMILES string of the molecule is Cc1ccc2c(c1)C=C[C@H]1N2[C@@H](C(=O)C(C)(C)C)[C@H](C(=O)c2ccccc2Cl)[C@@]12C(=O)Nc1ccccc12. The van der Waals surface area contributed by atoms with Gasteiger partial charge in [-0.05, 0) is 48.4 Å². The third-order valence-corrected chi connectivity index (χ3v) is 8.55. The Bertz CT molecular complexity index is 1550. The van der Waals surface area contributed by atoms with Crippen LogP contribution in [0.3, 0.4) is 0 Å². The van der Waals surface area contributed by atoms with Gasteiger partial charge >= 0.3 is 0 Å². The summed E-state index contributed by atoms with van der Waals surface area (Å²) in [6.07, 6.45) is 4.01. The quantitative estimate of drug-likeness (QED) is 0.412. The number of carbonyl (C=O) groups is 3. The number of ketones is 2. The first-order chi connectivity index (χ1) is 18.1. The second-order valence-electron chi connectivity index (χ2n) is 11.5. The van der Waals surface area contributed by atoms with Gasteiger partial charge in [-0.1, -0.05) is 86.5 Å². The van der Waals surface area contributed by atoms with E-state index in [0.717, 1.165) is 22.4 Å². The Balaban J connectivity index is 1.70. The molecule has 6 rings (SSSR count). The van der Waals surface area contributed by atoms with Crippen molar-refractivity contribution in [2.24, 2.45) is 11.3 Å². The van der Waals surface area contributed by atoms with Gasteiger partial charge < -0.3 is 10.2 Å². The van der Waals surface area contributed by atoms with Crippen LogP contribution in [0.15, 0.2) is 72.8 Å². The van der Waals surface area contributed by atoms with Gasteiger partial charge in [-0.15, -0.1) is 0 Å². The zero-order chi connectivity index (χ0) is 27.0. The van der Waals surface area contributed by atoms with Crippen LogP contribution in [0.5, 0.6) is 0 Å². The lowest BCUT2D eigenvalue weighted by molar-refractivity contribution is -0.128. The molecule has 0 aliphatic carbocycles. The number of benzene rings is 3. The number of para-hydroxylation sites is 1. The fraction of sp³-hybridized carbons (Fsp3) is 0.281. The number of nitrogens with one attached hydrogen (secondary N) is 1. The van der Waals surface area contributed by atoms with Crippen LogP contribution in [0.4, 0.5) is 11.4 Å². The first-order valence-corrected chi connectivity index (χ1v) is 13.3. The van der Waals surface area contributed by atoms with Crippen molar-refractivity contribution >= 4 is 46.5 Å². The molecular weight excluding hydrogens is 496 g/mol. The number of Topliss-reactive ketones (excluding diaryl/α,β-unsaturated/α-hetero) is 2. The molecule has 4 atom stereocenters. The lowest BCUT2D eigenvalue weighted by Gasteiger charge is -2.38. The molecule has 0 aromatic heterocycles. The molecule has 1 fully saturated rings. The summed E-state index contributed by atoms with van der Waals surface area (Å²) in [5.74, 6) is -1.67. The van der Waals surface area contributed by atoms with E-state index in [1.54, 1.807) is 24.3 Å². The van der Waals surface area contributed by atoms with Gasteiger partial charge in [0.1, 0.15) is 11.5 Å². The van der Waals surface area contributed by atoms with Gasteiger partial charge in [-0.25, -0.2) is 0 Å².